The summed E-state index contributed by atoms with van der Waals surface area (Å²) in [5, 5.41) is 6.62. The summed E-state index contributed by atoms with van der Waals surface area (Å²) >= 11 is 6.13. The first-order chi connectivity index (χ1) is 16.7. The van der Waals surface area contributed by atoms with E-state index < -0.39 is 17.7 Å². The first-order valence-corrected chi connectivity index (χ1v) is 11.4. The zero-order valence-electron chi connectivity index (χ0n) is 19.6. The molecule has 0 saturated heterocycles. The van der Waals surface area contributed by atoms with Crippen LogP contribution in [0.25, 0.3) is 10.9 Å². The standard InChI is InChI=1S/C27H25ClN4O3/c1-16-7-9-19(10-8-16)15-29-26(34)27(35)31-32-23-12-11-21(28)13-20(23)14-24(32)25(33)30-22-6-4-5-17(2)18(22)3/h4-14H,15H2,1-3H3,(H,29,34)(H,30,33)(H,31,35). The second kappa shape index (κ2) is 10.0. The van der Waals surface area contributed by atoms with Gasteiger partial charge in [-0.05, 0) is 67.8 Å². The number of fused-ring (bicyclic) bond motifs is 1. The van der Waals surface area contributed by atoms with E-state index in [0.29, 0.717) is 21.6 Å². The van der Waals surface area contributed by atoms with E-state index in [2.05, 4.69) is 16.1 Å². The number of amides is 3. The van der Waals surface area contributed by atoms with Crippen LogP contribution in [0.15, 0.2) is 66.7 Å². The van der Waals surface area contributed by atoms with Crippen LogP contribution in [0.2, 0.25) is 5.02 Å². The van der Waals surface area contributed by atoms with Gasteiger partial charge in [-0.2, -0.15) is 0 Å². The maximum Gasteiger partial charge on any atom is 0.328 e. The number of hydrogen-bond acceptors (Lipinski definition) is 3. The summed E-state index contributed by atoms with van der Waals surface area (Å²) in [4.78, 5) is 38.4. The van der Waals surface area contributed by atoms with Gasteiger partial charge in [-0.25, -0.2) is 4.68 Å². The molecule has 0 spiro atoms. The third-order valence-corrected chi connectivity index (χ3v) is 6.08. The van der Waals surface area contributed by atoms with Crippen molar-refractivity contribution in [2.24, 2.45) is 0 Å². The highest BCUT2D eigenvalue weighted by molar-refractivity contribution is 6.38. The van der Waals surface area contributed by atoms with Crippen molar-refractivity contribution in [2.45, 2.75) is 27.3 Å². The van der Waals surface area contributed by atoms with Crippen molar-refractivity contribution in [3.05, 3.63) is 99.7 Å². The van der Waals surface area contributed by atoms with E-state index in [1.165, 1.54) is 4.68 Å². The Morgan fingerprint density at radius 3 is 2.37 bits per heavy atom. The highest BCUT2D eigenvalue weighted by Gasteiger charge is 2.21. The molecule has 178 valence electrons. The van der Waals surface area contributed by atoms with Crippen LogP contribution >= 0.6 is 11.6 Å². The molecule has 0 aliphatic heterocycles. The summed E-state index contributed by atoms with van der Waals surface area (Å²) in [6.45, 7) is 6.05. The van der Waals surface area contributed by atoms with Crippen molar-refractivity contribution < 1.29 is 14.4 Å². The second-order valence-corrected chi connectivity index (χ2v) is 8.82. The monoisotopic (exact) mass is 488 g/mol. The van der Waals surface area contributed by atoms with Crippen LogP contribution in [0, 0.1) is 20.8 Å². The Bertz CT molecular complexity index is 1440. The number of benzene rings is 3. The van der Waals surface area contributed by atoms with E-state index in [9.17, 15) is 14.4 Å². The van der Waals surface area contributed by atoms with E-state index in [-0.39, 0.29) is 12.2 Å². The van der Waals surface area contributed by atoms with E-state index >= 15 is 0 Å². The topological polar surface area (TPSA) is 92.2 Å². The number of carbonyl (C=O) groups excluding carboxylic acids is 3. The number of halogens is 1. The van der Waals surface area contributed by atoms with Crippen LogP contribution in [0.4, 0.5) is 5.69 Å². The van der Waals surface area contributed by atoms with Gasteiger partial charge in [0.2, 0.25) is 0 Å². The Balaban J connectivity index is 1.58. The molecule has 8 heteroatoms. The summed E-state index contributed by atoms with van der Waals surface area (Å²) in [5.41, 5.74) is 7.84. The minimum atomic E-state index is -0.898. The summed E-state index contributed by atoms with van der Waals surface area (Å²) in [6, 6.07) is 19.9. The number of aryl methyl sites for hydroxylation is 2. The molecule has 7 nitrogen and oxygen atoms in total. The fourth-order valence-electron chi connectivity index (χ4n) is 3.67. The van der Waals surface area contributed by atoms with Crippen molar-refractivity contribution in [1.29, 1.82) is 0 Å². The average molecular weight is 489 g/mol. The fraction of sp³-hybridized carbons (Fsp3) is 0.148. The summed E-state index contributed by atoms with van der Waals surface area (Å²) < 4.78 is 1.31. The van der Waals surface area contributed by atoms with Crippen molar-refractivity contribution >= 4 is 45.9 Å². The predicted octanol–water partition coefficient (Wildman–Crippen LogP) is 4.86. The molecule has 0 atom stereocenters. The highest BCUT2D eigenvalue weighted by atomic mass is 35.5. The lowest BCUT2D eigenvalue weighted by molar-refractivity contribution is -0.136. The number of aromatic nitrogens is 1. The summed E-state index contributed by atoms with van der Waals surface area (Å²) in [6.07, 6.45) is 0. The summed E-state index contributed by atoms with van der Waals surface area (Å²) in [5.74, 6) is -2.15. The zero-order valence-corrected chi connectivity index (χ0v) is 20.4. The van der Waals surface area contributed by atoms with Gasteiger partial charge in [0.05, 0.1) is 5.52 Å². The van der Waals surface area contributed by atoms with Crippen LogP contribution in [0.1, 0.15) is 32.7 Å². The predicted molar refractivity (Wildman–Crippen MR) is 138 cm³/mol. The van der Waals surface area contributed by atoms with Gasteiger partial charge in [0.1, 0.15) is 5.69 Å². The molecule has 4 rings (SSSR count). The Hall–Kier alpha value is -4.10. The van der Waals surface area contributed by atoms with Gasteiger partial charge in [0.25, 0.3) is 5.91 Å². The highest BCUT2D eigenvalue weighted by Crippen LogP contribution is 2.24. The van der Waals surface area contributed by atoms with Gasteiger partial charge in [-0.15, -0.1) is 0 Å². The lowest BCUT2D eigenvalue weighted by Crippen LogP contribution is -2.39. The Labute approximate surface area is 208 Å². The van der Waals surface area contributed by atoms with Gasteiger partial charge >= 0.3 is 11.8 Å². The molecule has 35 heavy (non-hydrogen) atoms. The Morgan fingerprint density at radius 2 is 1.63 bits per heavy atom. The number of nitrogens with zero attached hydrogens (tertiary/aromatic N) is 1. The molecule has 0 saturated carbocycles. The maximum absolute atomic E-state index is 13.2. The minimum absolute atomic E-state index is 0.155. The van der Waals surface area contributed by atoms with Gasteiger partial charge < -0.3 is 10.6 Å². The second-order valence-electron chi connectivity index (χ2n) is 8.38. The quantitative estimate of drug-likeness (QED) is 0.350. The third kappa shape index (κ3) is 5.36. The minimum Gasteiger partial charge on any atom is -0.344 e. The lowest BCUT2D eigenvalue weighted by Gasteiger charge is -2.14. The maximum atomic E-state index is 13.2. The van der Waals surface area contributed by atoms with Crippen molar-refractivity contribution in [3.8, 4) is 0 Å². The third-order valence-electron chi connectivity index (χ3n) is 5.84. The molecule has 4 aromatic rings. The summed E-state index contributed by atoms with van der Waals surface area (Å²) in [7, 11) is 0. The average Bonchev–Trinajstić information content (AvgIpc) is 3.18. The molecule has 3 amide bonds. The Morgan fingerprint density at radius 1 is 0.886 bits per heavy atom. The molecule has 3 N–H and O–H groups in total. The molecule has 0 radical (unpaired) electrons. The first kappa shape index (κ1) is 24.0. The van der Waals surface area contributed by atoms with Crippen molar-refractivity contribution in [1.82, 2.24) is 9.99 Å². The van der Waals surface area contributed by atoms with Crippen LogP contribution in [-0.4, -0.2) is 22.4 Å². The lowest BCUT2D eigenvalue weighted by atomic mass is 10.1. The van der Waals surface area contributed by atoms with Crippen molar-refractivity contribution in [3.63, 3.8) is 0 Å². The molecule has 1 heterocycles. The number of carbonyl (C=O) groups is 3. The molecule has 0 aliphatic carbocycles. The van der Waals surface area contributed by atoms with Crippen molar-refractivity contribution in [2.75, 3.05) is 10.7 Å². The smallest absolute Gasteiger partial charge is 0.328 e. The first-order valence-electron chi connectivity index (χ1n) is 11.1. The molecular weight excluding hydrogens is 464 g/mol. The Kier molecular flexibility index (Phi) is 6.89. The van der Waals surface area contributed by atoms with Crippen LogP contribution < -0.4 is 16.1 Å². The van der Waals surface area contributed by atoms with E-state index in [0.717, 1.165) is 22.3 Å². The molecule has 0 fully saturated rings. The largest absolute Gasteiger partial charge is 0.344 e. The fourth-order valence-corrected chi connectivity index (χ4v) is 3.85. The number of nitrogens with one attached hydrogen (secondary N) is 3. The normalized spacial score (nSPS) is 10.7. The van der Waals surface area contributed by atoms with E-state index in [4.69, 9.17) is 11.6 Å². The number of hydrogen-bond donors (Lipinski definition) is 3. The molecule has 0 unspecified atom stereocenters. The van der Waals surface area contributed by atoms with Crippen LogP contribution in [0.5, 0.6) is 0 Å². The van der Waals surface area contributed by atoms with Crippen LogP contribution in [-0.2, 0) is 16.1 Å². The molecule has 0 aliphatic rings. The molecule has 1 aromatic heterocycles. The number of rotatable bonds is 5. The van der Waals surface area contributed by atoms with E-state index in [1.807, 2.05) is 57.2 Å². The van der Waals surface area contributed by atoms with Gasteiger partial charge in [-0.3, -0.25) is 19.8 Å². The number of anilines is 1. The van der Waals surface area contributed by atoms with Gasteiger partial charge in [-0.1, -0.05) is 53.6 Å². The van der Waals surface area contributed by atoms with E-state index in [1.54, 1.807) is 30.3 Å². The molecule has 0 bridgehead atoms. The van der Waals surface area contributed by atoms with Gasteiger partial charge in [0, 0.05) is 22.6 Å². The zero-order chi connectivity index (χ0) is 25.1. The SMILES string of the molecule is Cc1ccc(CNC(=O)C(=O)Nn2c(C(=O)Nc3cccc(C)c3C)cc3cc(Cl)ccc32)cc1. The van der Waals surface area contributed by atoms with Gasteiger partial charge in [0.15, 0.2) is 0 Å². The molecular formula is C27H25ClN4O3. The van der Waals surface area contributed by atoms with Crippen LogP contribution in [0.3, 0.4) is 0 Å². The molecule has 3 aromatic carbocycles.